The third kappa shape index (κ3) is 2.58. The number of aromatic nitrogens is 1. The first kappa shape index (κ1) is 11.5. The van der Waals surface area contributed by atoms with Gasteiger partial charge >= 0.3 is 0 Å². The summed E-state index contributed by atoms with van der Waals surface area (Å²) in [6.45, 7) is 0.618. The largest absolute Gasteiger partial charge is 0.354 e. The van der Waals surface area contributed by atoms with E-state index in [1.807, 2.05) is 0 Å². The van der Waals surface area contributed by atoms with Crippen molar-refractivity contribution in [2.24, 2.45) is 0 Å². The molecule has 1 unspecified atom stereocenters. The van der Waals surface area contributed by atoms with Gasteiger partial charge in [0.2, 0.25) is 11.9 Å². The molecular weight excluding hydrogens is 225 g/mol. The highest BCUT2D eigenvalue weighted by Gasteiger charge is 2.25. The third-order valence-electron chi connectivity index (χ3n) is 2.59. The van der Waals surface area contributed by atoms with Crippen molar-refractivity contribution in [1.82, 2.24) is 15.6 Å². The fourth-order valence-electron chi connectivity index (χ4n) is 1.70. The Labute approximate surface area is 97.4 Å². The van der Waals surface area contributed by atoms with Crippen LogP contribution in [0.1, 0.15) is 23.2 Å². The van der Waals surface area contributed by atoms with Crippen LogP contribution in [0.3, 0.4) is 0 Å². The highest BCUT2D eigenvalue weighted by Crippen LogP contribution is 2.07. The molecule has 90 valence electrons. The van der Waals surface area contributed by atoms with E-state index >= 15 is 0 Å². The molecule has 0 bridgehead atoms. The number of carbonyl (C=O) groups is 2. The Morgan fingerprint density at radius 3 is 3.12 bits per heavy atom. The first-order chi connectivity index (χ1) is 8.18. The highest BCUT2D eigenvalue weighted by molar-refractivity contribution is 5.97. The van der Waals surface area contributed by atoms with Crippen LogP contribution >= 0.6 is 0 Å². The van der Waals surface area contributed by atoms with Crippen molar-refractivity contribution in [2.45, 2.75) is 18.9 Å². The first-order valence-corrected chi connectivity index (χ1v) is 5.37. The molecule has 0 radical (unpaired) electrons. The molecule has 0 aromatic carbocycles. The van der Waals surface area contributed by atoms with Crippen molar-refractivity contribution in [1.29, 1.82) is 0 Å². The first-order valence-electron chi connectivity index (χ1n) is 5.37. The van der Waals surface area contributed by atoms with E-state index in [-0.39, 0.29) is 11.5 Å². The monoisotopic (exact) mass is 237 g/mol. The van der Waals surface area contributed by atoms with Crippen LogP contribution in [0.4, 0.5) is 4.39 Å². The van der Waals surface area contributed by atoms with Gasteiger partial charge in [-0.15, -0.1) is 0 Å². The predicted molar refractivity (Wildman–Crippen MR) is 57.7 cm³/mol. The Morgan fingerprint density at radius 2 is 2.41 bits per heavy atom. The second-order valence-electron chi connectivity index (χ2n) is 3.80. The molecule has 1 aromatic rings. The van der Waals surface area contributed by atoms with Crippen molar-refractivity contribution in [3.8, 4) is 0 Å². The quantitative estimate of drug-likeness (QED) is 0.723. The van der Waals surface area contributed by atoms with E-state index in [1.165, 1.54) is 18.3 Å². The van der Waals surface area contributed by atoms with Crippen molar-refractivity contribution in [3.63, 3.8) is 0 Å². The molecule has 2 N–H and O–H groups in total. The molecule has 0 saturated carbocycles. The zero-order chi connectivity index (χ0) is 12.3. The minimum atomic E-state index is -0.832. The van der Waals surface area contributed by atoms with Crippen LogP contribution in [0, 0.1) is 5.95 Å². The standard InChI is InChI=1S/C11H12FN3O2/c12-9-7(3-1-5-13-9)10(16)15-8-4-2-6-14-11(8)17/h1,3,5,8H,2,4,6H2,(H,14,17)(H,15,16). The number of nitrogens with zero attached hydrogens (tertiary/aromatic N) is 1. The molecule has 6 heteroatoms. The van der Waals surface area contributed by atoms with E-state index in [9.17, 15) is 14.0 Å². The maximum Gasteiger partial charge on any atom is 0.256 e. The summed E-state index contributed by atoms with van der Waals surface area (Å²) in [6, 6.07) is 2.22. The van der Waals surface area contributed by atoms with Crippen molar-refractivity contribution in [2.75, 3.05) is 6.54 Å². The fraction of sp³-hybridized carbons (Fsp3) is 0.364. The fourth-order valence-corrected chi connectivity index (χ4v) is 1.70. The van der Waals surface area contributed by atoms with E-state index in [0.29, 0.717) is 13.0 Å². The summed E-state index contributed by atoms with van der Waals surface area (Å²) in [5.41, 5.74) is -0.147. The number of rotatable bonds is 2. The molecular formula is C11H12FN3O2. The van der Waals surface area contributed by atoms with Gasteiger partial charge in [-0.05, 0) is 25.0 Å². The number of piperidine rings is 1. The molecule has 1 aliphatic heterocycles. The second kappa shape index (κ2) is 4.90. The van der Waals surface area contributed by atoms with Gasteiger partial charge in [0.1, 0.15) is 6.04 Å². The SMILES string of the molecule is O=C(NC1CCCNC1=O)c1cccnc1F. The Bertz CT molecular complexity index is 450. The van der Waals surface area contributed by atoms with E-state index in [4.69, 9.17) is 0 Å². The maximum absolute atomic E-state index is 13.2. The number of nitrogens with one attached hydrogen (secondary N) is 2. The Kier molecular flexibility index (Phi) is 3.32. The number of hydrogen-bond acceptors (Lipinski definition) is 3. The number of carbonyl (C=O) groups excluding carboxylic acids is 2. The lowest BCUT2D eigenvalue weighted by molar-refractivity contribution is -0.124. The summed E-state index contributed by atoms with van der Waals surface area (Å²) in [5.74, 6) is -1.67. The summed E-state index contributed by atoms with van der Waals surface area (Å²) in [5, 5.41) is 5.14. The number of amides is 2. The molecule has 0 spiro atoms. The third-order valence-corrected chi connectivity index (χ3v) is 2.59. The van der Waals surface area contributed by atoms with E-state index in [0.717, 1.165) is 6.42 Å². The maximum atomic E-state index is 13.2. The summed E-state index contributed by atoms with van der Waals surface area (Å²) in [4.78, 5) is 26.5. The van der Waals surface area contributed by atoms with Gasteiger partial charge in [0.25, 0.3) is 5.91 Å². The van der Waals surface area contributed by atoms with E-state index in [2.05, 4.69) is 15.6 Å². The van der Waals surface area contributed by atoms with Crippen LogP contribution < -0.4 is 10.6 Å². The van der Waals surface area contributed by atoms with Crippen LogP contribution in [-0.2, 0) is 4.79 Å². The Balaban J connectivity index is 2.06. The summed E-state index contributed by atoms with van der Waals surface area (Å²) < 4.78 is 13.2. The summed E-state index contributed by atoms with van der Waals surface area (Å²) in [7, 11) is 0. The normalized spacial score (nSPS) is 19.6. The molecule has 17 heavy (non-hydrogen) atoms. The molecule has 1 atom stereocenters. The lowest BCUT2D eigenvalue weighted by Crippen LogP contribution is -2.50. The van der Waals surface area contributed by atoms with Crippen LogP contribution in [0.25, 0.3) is 0 Å². The molecule has 1 aromatic heterocycles. The van der Waals surface area contributed by atoms with Crippen molar-refractivity contribution in [3.05, 3.63) is 29.8 Å². The average molecular weight is 237 g/mol. The van der Waals surface area contributed by atoms with Gasteiger partial charge in [0.15, 0.2) is 0 Å². The second-order valence-corrected chi connectivity index (χ2v) is 3.80. The summed E-state index contributed by atoms with van der Waals surface area (Å²) in [6.07, 6.45) is 2.63. The van der Waals surface area contributed by atoms with Gasteiger partial charge in [-0.3, -0.25) is 9.59 Å². The molecule has 5 nitrogen and oxygen atoms in total. The number of hydrogen-bond donors (Lipinski definition) is 2. The number of pyridine rings is 1. The zero-order valence-electron chi connectivity index (χ0n) is 9.07. The Morgan fingerprint density at radius 1 is 1.59 bits per heavy atom. The van der Waals surface area contributed by atoms with Crippen molar-refractivity contribution < 1.29 is 14.0 Å². The molecule has 1 aliphatic rings. The molecule has 2 heterocycles. The van der Waals surface area contributed by atoms with Crippen LogP contribution in [0.15, 0.2) is 18.3 Å². The molecule has 2 rings (SSSR count). The van der Waals surface area contributed by atoms with Crippen LogP contribution in [-0.4, -0.2) is 29.4 Å². The van der Waals surface area contributed by atoms with Gasteiger partial charge in [0.05, 0.1) is 5.56 Å². The molecule has 1 saturated heterocycles. The van der Waals surface area contributed by atoms with Crippen LogP contribution in [0.5, 0.6) is 0 Å². The highest BCUT2D eigenvalue weighted by atomic mass is 19.1. The Hall–Kier alpha value is -1.98. The lowest BCUT2D eigenvalue weighted by Gasteiger charge is -2.22. The topological polar surface area (TPSA) is 71.1 Å². The van der Waals surface area contributed by atoms with E-state index in [1.54, 1.807) is 0 Å². The minimum Gasteiger partial charge on any atom is -0.354 e. The predicted octanol–water partition coefficient (Wildman–Crippen LogP) is 0.229. The van der Waals surface area contributed by atoms with Gasteiger partial charge in [-0.2, -0.15) is 4.39 Å². The average Bonchev–Trinajstić information content (AvgIpc) is 2.32. The van der Waals surface area contributed by atoms with E-state index < -0.39 is 17.9 Å². The summed E-state index contributed by atoms with van der Waals surface area (Å²) >= 11 is 0. The van der Waals surface area contributed by atoms with Gasteiger partial charge < -0.3 is 10.6 Å². The zero-order valence-corrected chi connectivity index (χ0v) is 9.07. The molecule has 0 aliphatic carbocycles. The smallest absolute Gasteiger partial charge is 0.256 e. The lowest BCUT2D eigenvalue weighted by atomic mass is 10.1. The van der Waals surface area contributed by atoms with Gasteiger partial charge in [-0.25, -0.2) is 4.98 Å². The molecule has 1 fully saturated rings. The number of halogens is 1. The minimum absolute atomic E-state index is 0.147. The van der Waals surface area contributed by atoms with Crippen molar-refractivity contribution >= 4 is 11.8 Å². The molecule has 2 amide bonds. The van der Waals surface area contributed by atoms with Gasteiger partial charge in [-0.1, -0.05) is 0 Å². The van der Waals surface area contributed by atoms with Crippen LogP contribution in [0.2, 0.25) is 0 Å². The van der Waals surface area contributed by atoms with Gasteiger partial charge in [0, 0.05) is 12.7 Å².